The highest BCUT2D eigenvalue weighted by molar-refractivity contribution is 5.39. The van der Waals surface area contributed by atoms with Crippen LogP contribution in [0, 0.1) is 15.3 Å². The molecule has 0 amide bonds. The average Bonchev–Trinajstić information content (AvgIpc) is 2.17. The molecule has 7 nitrogen and oxygen atoms in total. The first-order valence-corrected chi connectivity index (χ1v) is 4.77. The number of hydrogen-bond acceptors (Lipinski definition) is 5. The molecule has 0 saturated carbocycles. The molecule has 0 spiro atoms. The lowest BCUT2D eigenvalue weighted by molar-refractivity contribution is -0.665. The Morgan fingerprint density at radius 1 is 1.38 bits per heavy atom. The lowest BCUT2D eigenvalue weighted by Crippen LogP contribution is -2.30. The van der Waals surface area contributed by atoms with Crippen LogP contribution in [-0.2, 0) is 0 Å². The first-order chi connectivity index (χ1) is 7.60. The summed E-state index contributed by atoms with van der Waals surface area (Å²) in [6.45, 7) is 4.02. The largest absolute Gasteiger partial charge is 0.614 e. The Bertz CT molecular complexity index is 394. The molecule has 0 bridgehead atoms. The zero-order valence-electron chi connectivity index (χ0n) is 9.00. The van der Waals surface area contributed by atoms with Crippen molar-refractivity contribution in [2.75, 3.05) is 13.2 Å². The summed E-state index contributed by atoms with van der Waals surface area (Å²) in [5, 5.41) is 22.0. The maximum atomic E-state index is 11.4. The van der Waals surface area contributed by atoms with Crippen molar-refractivity contribution in [3.8, 4) is 11.5 Å². The van der Waals surface area contributed by atoms with Crippen molar-refractivity contribution >= 4 is 5.82 Å². The molecule has 88 valence electrons. The third kappa shape index (κ3) is 2.50. The Morgan fingerprint density at radius 3 is 2.50 bits per heavy atom. The summed E-state index contributed by atoms with van der Waals surface area (Å²) >= 11 is 0. The fraction of sp³-hybridized carbons (Fsp3) is 0.444. The summed E-state index contributed by atoms with van der Waals surface area (Å²) in [5.74, 6) is -0.481. The van der Waals surface area contributed by atoms with Gasteiger partial charge in [0.25, 0.3) is 5.75 Å². The number of nitro groups is 1. The maximum Gasteiger partial charge on any atom is 0.555 e. The van der Waals surface area contributed by atoms with Crippen molar-refractivity contribution < 1.29 is 19.1 Å². The van der Waals surface area contributed by atoms with E-state index < -0.39 is 10.7 Å². The number of rotatable bonds is 5. The highest BCUT2D eigenvalue weighted by atomic mass is 16.6. The SMILES string of the molecule is CCOc1cc(OCC)c([N+](=O)[O-])[n+]([O-])c1. The predicted molar refractivity (Wildman–Crippen MR) is 54.4 cm³/mol. The molecule has 16 heavy (non-hydrogen) atoms. The summed E-state index contributed by atoms with van der Waals surface area (Å²) in [6, 6.07) is 1.33. The van der Waals surface area contributed by atoms with Gasteiger partial charge in [0.1, 0.15) is 4.92 Å². The molecule has 0 saturated heterocycles. The second kappa shape index (κ2) is 5.15. The van der Waals surface area contributed by atoms with Crippen molar-refractivity contribution in [3.63, 3.8) is 0 Å². The predicted octanol–water partition coefficient (Wildman–Crippen LogP) is 1.03. The highest BCUT2D eigenvalue weighted by Gasteiger charge is 2.28. The van der Waals surface area contributed by atoms with E-state index in [0.29, 0.717) is 6.61 Å². The van der Waals surface area contributed by atoms with E-state index in [1.54, 1.807) is 13.8 Å². The molecule has 0 aliphatic heterocycles. The van der Waals surface area contributed by atoms with Crippen LogP contribution in [0.1, 0.15) is 13.8 Å². The van der Waals surface area contributed by atoms with Gasteiger partial charge in [-0.2, -0.15) is 0 Å². The van der Waals surface area contributed by atoms with Gasteiger partial charge >= 0.3 is 5.82 Å². The zero-order valence-corrected chi connectivity index (χ0v) is 9.00. The first kappa shape index (κ1) is 12.0. The van der Waals surface area contributed by atoms with Gasteiger partial charge in [-0.3, -0.25) is 10.1 Å². The standard InChI is InChI=1S/C9H12N2O5/c1-3-15-7-5-8(16-4-2)9(11(13)14)10(12)6-7/h5-6H,3-4H2,1-2H3. The van der Waals surface area contributed by atoms with Crippen LogP contribution in [0.25, 0.3) is 0 Å². The quantitative estimate of drug-likeness (QED) is 0.325. The van der Waals surface area contributed by atoms with Gasteiger partial charge in [-0.25, -0.2) is 0 Å². The second-order valence-electron chi connectivity index (χ2n) is 2.81. The number of nitrogens with zero attached hydrogens (tertiary/aromatic N) is 2. The van der Waals surface area contributed by atoms with Crippen molar-refractivity contribution in [2.45, 2.75) is 13.8 Å². The topological polar surface area (TPSA) is 88.5 Å². The van der Waals surface area contributed by atoms with E-state index in [0.717, 1.165) is 6.20 Å². The van der Waals surface area contributed by atoms with E-state index in [2.05, 4.69) is 0 Å². The molecule has 1 aromatic rings. The molecule has 0 N–H and O–H groups in total. The van der Waals surface area contributed by atoms with Crippen LogP contribution in [0.4, 0.5) is 5.82 Å². The molecule has 0 aliphatic carbocycles. The van der Waals surface area contributed by atoms with E-state index >= 15 is 0 Å². The van der Waals surface area contributed by atoms with E-state index in [1.807, 2.05) is 0 Å². The van der Waals surface area contributed by atoms with E-state index in [-0.39, 0.29) is 22.8 Å². The third-order valence-corrected chi connectivity index (χ3v) is 1.73. The van der Waals surface area contributed by atoms with Crippen LogP contribution in [0.15, 0.2) is 12.3 Å². The summed E-state index contributed by atoms with van der Waals surface area (Å²) < 4.78 is 10.2. The molecule has 1 heterocycles. The molecule has 0 unspecified atom stereocenters. The van der Waals surface area contributed by atoms with Gasteiger partial charge in [-0.1, -0.05) is 0 Å². The Labute approximate surface area is 91.9 Å². The molecule has 0 aliphatic rings. The third-order valence-electron chi connectivity index (χ3n) is 1.73. The first-order valence-electron chi connectivity index (χ1n) is 4.77. The molecule has 1 aromatic heterocycles. The zero-order chi connectivity index (χ0) is 12.1. The molecule has 1 rings (SSSR count). The molecule has 0 radical (unpaired) electrons. The second-order valence-corrected chi connectivity index (χ2v) is 2.81. The van der Waals surface area contributed by atoms with Gasteiger partial charge < -0.3 is 14.7 Å². The van der Waals surface area contributed by atoms with Crippen molar-refractivity contribution in [1.29, 1.82) is 0 Å². The van der Waals surface area contributed by atoms with Crippen molar-refractivity contribution in [1.82, 2.24) is 0 Å². The monoisotopic (exact) mass is 228 g/mol. The lowest BCUT2D eigenvalue weighted by atomic mass is 10.4. The normalized spacial score (nSPS) is 9.88. The highest BCUT2D eigenvalue weighted by Crippen LogP contribution is 2.26. The fourth-order valence-corrected chi connectivity index (χ4v) is 1.19. The number of hydrogen-bond donors (Lipinski definition) is 0. The van der Waals surface area contributed by atoms with Crippen LogP contribution in [0.5, 0.6) is 11.5 Å². The number of pyridine rings is 1. The van der Waals surface area contributed by atoms with Gasteiger partial charge in [0.05, 0.1) is 13.2 Å². The van der Waals surface area contributed by atoms with Crippen LogP contribution in [-0.4, -0.2) is 18.1 Å². The van der Waals surface area contributed by atoms with E-state index in [4.69, 9.17) is 9.47 Å². The summed E-state index contributed by atoms with van der Waals surface area (Å²) in [5.41, 5.74) is 0. The average molecular weight is 228 g/mol. The molecule has 0 fully saturated rings. The minimum absolute atomic E-state index is 0.0894. The summed E-state index contributed by atoms with van der Waals surface area (Å²) in [6.07, 6.45) is 1.00. The Hall–Kier alpha value is -2.05. The van der Waals surface area contributed by atoms with Gasteiger partial charge in [0, 0.05) is 6.07 Å². The molecule has 7 heteroatoms. The van der Waals surface area contributed by atoms with E-state index in [1.165, 1.54) is 6.07 Å². The lowest BCUT2D eigenvalue weighted by Gasteiger charge is -2.07. The number of aromatic nitrogens is 1. The van der Waals surface area contributed by atoms with Gasteiger partial charge in [0.2, 0.25) is 6.20 Å². The minimum atomic E-state index is -0.784. The Balaban J connectivity index is 3.21. The van der Waals surface area contributed by atoms with Gasteiger partial charge in [-0.15, -0.1) is 4.73 Å². The molecular formula is C9H12N2O5. The van der Waals surface area contributed by atoms with Crippen molar-refractivity contribution in [2.24, 2.45) is 0 Å². The molecule has 0 aromatic carbocycles. The van der Waals surface area contributed by atoms with Crippen LogP contribution >= 0.6 is 0 Å². The van der Waals surface area contributed by atoms with Crippen LogP contribution in [0.2, 0.25) is 0 Å². The van der Waals surface area contributed by atoms with E-state index in [9.17, 15) is 15.3 Å². The van der Waals surface area contributed by atoms with Gasteiger partial charge in [0.15, 0.2) is 5.75 Å². The van der Waals surface area contributed by atoms with Crippen LogP contribution < -0.4 is 14.2 Å². The molecular weight excluding hydrogens is 216 g/mol. The smallest absolute Gasteiger partial charge is 0.555 e. The maximum absolute atomic E-state index is 11.4. The minimum Gasteiger partial charge on any atom is -0.614 e. The Morgan fingerprint density at radius 2 is 2.00 bits per heavy atom. The summed E-state index contributed by atoms with van der Waals surface area (Å²) in [4.78, 5) is 9.87. The fourth-order valence-electron chi connectivity index (χ4n) is 1.19. The number of ether oxygens (including phenoxy) is 2. The molecule has 0 atom stereocenters. The van der Waals surface area contributed by atoms with Crippen molar-refractivity contribution in [3.05, 3.63) is 27.6 Å². The summed E-state index contributed by atoms with van der Waals surface area (Å²) in [7, 11) is 0. The van der Waals surface area contributed by atoms with Crippen LogP contribution in [0.3, 0.4) is 0 Å². The van der Waals surface area contributed by atoms with Gasteiger partial charge in [-0.05, 0) is 13.8 Å². The Kier molecular flexibility index (Phi) is 3.87.